The first-order valence-corrected chi connectivity index (χ1v) is 11.4. The number of nitrogens with zero attached hydrogens (tertiary/aromatic N) is 3. The second-order valence-corrected chi connectivity index (χ2v) is 8.95. The predicted molar refractivity (Wildman–Crippen MR) is 119 cm³/mol. The van der Waals surface area contributed by atoms with Crippen LogP contribution in [0, 0.1) is 6.92 Å². The van der Waals surface area contributed by atoms with Gasteiger partial charge in [-0.05, 0) is 36.8 Å². The highest BCUT2D eigenvalue weighted by Gasteiger charge is 2.16. The number of carbonyl (C=O) groups is 1. The van der Waals surface area contributed by atoms with E-state index in [1.807, 2.05) is 54.9 Å². The van der Waals surface area contributed by atoms with Crippen molar-refractivity contribution in [3.63, 3.8) is 0 Å². The summed E-state index contributed by atoms with van der Waals surface area (Å²) in [6.07, 6.45) is 3.48. The van der Waals surface area contributed by atoms with E-state index in [0.717, 1.165) is 32.3 Å². The molecule has 148 valence electrons. The van der Waals surface area contributed by atoms with E-state index in [1.54, 1.807) is 6.26 Å². The van der Waals surface area contributed by atoms with Crippen molar-refractivity contribution >= 4 is 50.1 Å². The van der Waals surface area contributed by atoms with Crippen LogP contribution < -0.4 is 5.32 Å². The predicted octanol–water partition coefficient (Wildman–Crippen LogP) is 5.45. The number of hydrogen-bond acceptors (Lipinski definition) is 6. The topological polar surface area (TPSA) is 73.0 Å². The summed E-state index contributed by atoms with van der Waals surface area (Å²) >= 11 is 6.28. The van der Waals surface area contributed by atoms with Gasteiger partial charge in [-0.3, -0.25) is 4.79 Å². The minimum absolute atomic E-state index is 0.109. The molecular weight excluding hydrogens is 472 g/mol. The van der Waals surface area contributed by atoms with E-state index in [2.05, 4.69) is 35.8 Å². The second-order valence-electron chi connectivity index (χ2n) is 6.23. The van der Waals surface area contributed by atoms with E-state index in [1.165, 1.54) is 23.1 Å². The molecule has 0 unspecified atom stereocenters. The molecule has 1 aromatic carbocycles. The Balaban J connectivity index is 1.54. The Hall–Kier alpha value is -2.36. The zero-order valence-electron chi connectivity index (χ0n) is 15.5. The van der Waals surface area contributed by atoms with Gasteiger partial charge in [-0.15, -0.1) is 11.3 Å². The lowest BCUT2D eigenvalue weighted by Gasteiger charge is -2.11. The normalized spacial score (nSPS) is 11.0. The molecule has 1 amide bonds. The maximum atomic E-state index is 12.3. The third-order valence-corrected chi connectivity index (χ3v) is 6.45. The number of aryl methyl sites for hydroxylation is 1. The Labute approximate surface area is 184 Å². The van der Waals surface area contributed by atoms with Crippen LogP contribution in [0.15, 0.2) is 68.3 Å². The molecule has 3 aromatic heterocycles. The molecule has 9 heteroatoms. The summed E-state index contributed by atoms with van der Waals surface area (Å²) in [5.41, 5.74) is 2.90. The highest BCUT2D eigenvalue weighted by Crippen LogP contribution is 2.28. The molecule has 4 rings (SSSR count). The molecule has 1 N–H and O–H groups in total. The third kappa shape index (κ3) is 4.98. The zero-order valence-corrected chi connectivity index (χ0v) is 18.7. The van der Waals surface area contributed by atoms with Crippen molar-refractivity contribution in [2.24, 2.45) is 0 Å². The van der Waals surface area contributed by atoms with Crippen LogP contribution in [0.4, 0.5) is 5.13 Å². The summed E-state index contributed by atoms with van der Waals surface area (Å²) in [5, 5.41) is 6.10. The fourth-order valence-corrected chi connectivity index (χ4v) is 4.48. The number of benzene rings is 1. The van der Waals surface area contributed by atoms with E-state index >= 15 is 0 Å². The minimum Gasteiger partial charge on any atom is -0.467 e. The molecule has 0 fully saturated rings. The van der Waals surface area contributed by atoms with Gasteiger partial charge in [0.2, 0.25) is 5.91 Å². The van der Waals surface area contributed by atoms with Gasteiger partial charge >= 0.3 is 0 Å². The van der Waals surface area contributed by atoms with Crippen LogP contribution in [0.3, 0.4) is 0 Å². The molecule has 0 atom stereocenters. The number of nitrogens with one attached hydrogen (secondary N) is 1. The fourth-order valence-electron chi connectivity index (χ4n) is 2.73. The van der Waals surface area contributed by atoms with Gasteiger partial charge in [-0.2, -0.15) is 0 Å². The van der Waals surface area contributed by atoms with Crippen molar-refractivity contribution < 1.29 is 9.21 Å². The number of aromatic nitrogens is 3. The van der Waals surface area contributed by atoms with E-state index < -0.39 is 0 Å². The quantitative estimate of drug-likeness (QED) is 0.350. The van der Waals surface area contributed by atoms with Gasteiger partial charge in [0.05, 0.1) is 36.1 Å². The van der Waals surface area contributed by atoms with Crippen LogP contribution in [-0.2, 0) is 11.3 Å². The Morgan fingerprint density at radius 2 is 2.14 bits per heavy atom. The summed E-state index contributed by atoms with van der Waals surface area (Å²) in [6.45, 7) is 2.43. The molecule has 6 nitrogen and oxygen atoms in total. The average molecular weight is 489 g/mol. The number of amides is 1. The number of imidazole rings is 1. The van der Waals surface area contributed by atoms with Gasteiger partial charge in [-0.25, -0.2) is 9.97 Å². The van der Waals surface area contributed by atoms with Gasteiger partial charge in [0, 0.05) is 9.85 Å². The number of furan rings is 1. The minimum atomic E-state index is -0.109. The molecule has 0 aliphatic rings. The van der Waals surface area contributed by atoms with Crippen LogP contribution in [-0.4, -0.2) is 26.2 Å². The van der Waals surface area contributed by atoms with Crippen LogP contribution in [0.2, 0.25) is 0 Å². The van der Waals surface area contributed by atoms with Crippen LogP contribution >= 0.6 is 39.0 Å². The second kappa shape index (κ2) is 8.98. The molecule has 0 aliphatic heterocycles. The van der Waals surface area contributed by atoms with Crippen molar-refractivity contribution in [2.45, 2.75) is 18.6 Å². The maximum Gasteiger partial charge on any atom is 0.236 e. The van der Waals surface area contributed by atoms with E-state index in [0.29, 0.717) is 11.7 Å². The first kappa shape index (κ1) is 19.9. The van der Waals surface area contributed by atoms with Crippen molar-refractivity contribution in [3.05, 3.63) is 70.2 Å². The van der Waals surface area contributed by atoms with Gasteiger partial charge in [0.1, 0.15) is 5.76 Å². The van der Waals surface area contributed by atoms with Crippen molar-refractivity contribution in [3.8, 4) is 11.3 Å². The summed E-state index contributed by atoms with van der Waals surface area (Å²) < 4.78 is 8.61. The average Bonchev–Trinajstić information content (AvgIpc) is 3.44. The lowest BCUT2D eigenvalue weighted by molar-refractivity contribution is -0.113. The molecule has 29 heavy (non-hydrogen) atoms. The van der Waals surface area contributed by atoms with Gasteiger partial charge in [-0.1, -0.05) is 39.8 Å². The van der Waals surface area contributed by atoms with Crippen molar-refractivity contribution in [1.29, 1.82) is 0 Å². The van der Waals surface area contributed by atoms with Gasteiger partial charge in [0.25, 0.3) is 0 Å². The maximum absolute atomic E-state index is 12.3. The molecule has 3 heterocycles. The Morgan fingerprint density at radius 1 is 1.31 bits per heavy atom. The highest BCUT2D eigenvalue weighted by molar-refractivity contribution is 9.10. The van der Waals surface area contributed by atoms with Crippen molar-refractivity contribution in [2.75, 3.05) is 11.1 Å². The molecule has 0 spiro atoms. The number of anilines is 1. The summed E-state index contributed by atoms with van der Waals surface area (Å²) in [4.78, 5) is 21.1. The van der Waals surface area contributed by atoms with E-state index in [-0.39, 0.29) is 11.7 Å². The van der Waals surface area contributed by atoms with Crippen LogP contribution in [0.5, 0.6) is 0 Å². The zero-order chi connectivity index (χ0) is 20.2. The monoisotopic (exact) mass is 488 g/mol. The number of hydrogen-bond donors (Lipinski definition) is 1. The van der Waals surface area contributed by atoms with E-state index in [9.17, 15) is 4.79 Å². The number of rotatable bonds is 7. The number of thioether (sulfide) groups is 1. The SMILES string of the molecule is Cc1csc(NC(=O)CSc2ncc(-c3ccc(Br)cc3)n2Cc2ccco2)n1. The Bertz CT molecular complexity index is 1100. The van der Waals surface area contributed by atoms with Gasteiger partial charge in [0.15, 0.2) is 10.3 Å². The third-order valence-electron chi connectivity index (χ3n) is 4.05. The molecule has 4 aromatic rings. The Morgan fingerprint density at radius 3 is 2.83 bits per heavy atom. The number of carbonyl (C=O) groups excluding carboxylic acids is 1. The fraction of sp³-hybridized carbons (Fsp3) is 0.150. The molecule has 0 radical (unpaired) electrons. The lowest BCUT2D eigenvalue weighted by atomic mass is 10.2. The molecule has 0 aliphatic carbocycles. The Kier molecular flexibility index (Phi) is 6.17. The van der Waals surface area contributed by atoms with Crippen LogP contribution in [0.1, 0.15) is 11.5 Å². The summed E-state index contributed by atoms with van der Waals surface area (Å²) in [7, 11) is 0. The lowest BCUT2D eigenvalue weighted by Crippen LogP contribution is -2.14. The first-order chi connectivity index (χ1) is 14.1. The largest absolute Gasteiger partial charge is 0.467 e. The first-order valence-electron chi connectivity index (χ1n) is 8.77. The molecule has 0 bridgehead atoms. The molecule has 0 saturated heterocycles. The molecular formula is C20H17BrN4O2S2. The highest BCUT2D eigenvalue weighted by atomic mass is 79.9. The van der Waals surface area contributed by atoms with Crippen LogP contribution in [0.25, 0.3) is 11.3 Å². The summed E-state index contributed by atoms with van der Waals surface area (Å²) in [6, 6.07) is 11.8. The van der Waals surface area contributed by atoms with Gasteiger partial charge < -0.3 is 14.3 Å². The van der Waals surface area contributed by atoms with E-state index in [4.69, 9.17) is 4.42 Å². The molecule has 0 saturated carbocycles. The number of halogens is 1. The standard InChI is InChI=1S/C20H17BrN4O2S2/c1-13-11-28-19(23-13)24-18(26)12-29-20-22-9-17(14-4-6-15(21)7-5-14)25(20)10-16-3-2-8-27-16/h2-9,11H,10,12H2,1H3,(H,23,24,26). The number of thiazole rings is 1. The van der Waals surface area contributed by atoms with Crippen molar-refractivity contribution in [1.82, 2.24) is 14.5 Å². The smallest absolute Gasteiger partial charge is 0.236 e. The summed E-state index contributed by atoms with van der Waals surface area (Å²) in [5.74, 6) is 0.959.